The molecule has 3 aliphatic heterocycles. The Morgan fingerprint density at radius 2 is 1.46 bits per heavy atom. The summed E-state index contributed by atoms with van der Waals surface area (Å²) < 4.78 is 17.0. The van der Waals surface area contributed by atoms with Gasteiger partial charge in [-0.2, -0.15) is 0 Å². The zero-order valence-electron chi connectivity index (χ0n) is 33.5. The van der Waals surface area contributed by atoms with Crippen LogP contribution >= 0.6 is 0 Å². The second-order valence-corrected chi connectivity index (χ2v) is 15.9. The minimum Gasteiger partial charge on any atom is -0.453 e. The van der Waals surface area contributed by atoms with Gasteiger partial charge in [0, 0.05) is 23.2 Å². The van der Waals surface area contributed by atoms with Crippen LogP contribution in [0.2, 0.25) is 0 Å². The molecule has 0 unspecified atom stereocenters. The first-order chi connectivity index (χ1) is 27.7. The van der Waals surface area contributed by atoms with Gasteiger partial charge in [0.05, 0.1) is 32.9 Å². The fourth-order valence-corrected chi connectivity index (χ4v) is 9.32. The molecule has 0 saturated carbocycles. The van der Waals surface area contributed by atoms with E-state index in [1.807, 2.05) is 18.2 Å². The Hall–Kier alpha value is -4.78. The Labute approximate surface area is 335 Å². The number of amides is 4. The van der Waals surface area contributed by atoms with E-state index in [0.29, 0.717) is 24.5 Å². The topological polar surface area (TPSA) is 147 Å². The number of unbranched alkanes of at least 4 members (excludes halogenated alkanes) is 4. The van der Waals surface area contributed by atoms with Gasteiger partial charge in [-0.05, 0) is 84.3 Å². The summed E-state index contributed by atoms with van der Waals surface area (Å²) >= 11 is 0. The third kappa shape index (κ3) is 8.44. The van der Waals surface area contributed by atoms with Crippen LogP contribution in [0.15, 0.2) is 66.7 Å². The first-order valence-electron chi connectivity index (χ1n) is 20.8. The summed E-state index contributed by atoms with van der Waals surface area (Å²) in [5.74, 6) is -1.96. The third-order valence-corrected chi connectivity index (χ3v) is 12.2. The number of ether oxygens (including phenoxy) is 3. The molecule has 12 heteroatoms. The van der Waals surface area contributed by atoms with Crippen molar-refractivity contribution in [1.29, 1.82) is 0 Å². The molecule has 0 aromatic heterocycles. The van der Waals surface area contributed by atoms with Gasteiger partial charge in [0.15, 0.2) is 5.79 Å². The predicted octanol–water partition coefficient (Wildman–Crippen LogP) is 7.18. The van der Waals surface area contributed by atoms with Crippen LogP contribution in [0.5, 0.6) is 0 Å². The van der Waals surface area contributed by atoms with Gasteiger partial charge < -0.3 is 40.4 Å². The molecule has 4 aliphatic rings. The highest BCUT2D eigenvalue weighted by Crippen LogP contribution is 2.55. The number of carbonyl (C=O) groups is 4. The van der Waals surface area contributed by atoms with Crippen molar-refractivity contribution in [2.75, 3.05) is 44.0 Å². The average molecular weight is 780 g/mol. The van der Waals surface area contributed by atoms with Gasteiger partial charge in [0.2, 0.25) is 11.8 Å². The van der Waals surface area contributed by atoms with Gasteiger partial charge in [-0.1, -0.05) is 94.8 Å². The van der Waals surface area contributed by atoms with E-state index in [1.54, 1.807) is 24.3 Å². The molecule has 4 N–H and O–H groups in total. The van der Waals surface area contributed by atoms with Crippen LogP contribution in [0.25, 0.3) is 11.1 Å². The number of methoxy groups -OCH3 is 1. The first kappa shape index (κ1) is 40.4. The lowest BCUT2D eigenvalue weighted by atomic mass is 9.70. The van der Waals surface area contributed by atoms with Crippen molar-refractivity contribution in [2.45, 2.75) is 114 Å². The van der Waals surface area contributed by atoms with Crippen LogP contribution in [0.4, 0.5) is 16.2 Å². The second-order valence-electron chi connectivity index (χ2n) is 15.9. The van der Waals surface area contributed by atoms with Crippen LogP contribution in [0.3, 0.4) is 0 Å². The molecular formula is C45H57N5O7. The normalized spacial score (nSPS) is 20.5. The van der Waals surface area contributed by atoms with Gasteiger partial charge in [-0.3, -0.25) is 14.4 Å². The van der Waals surface area contributed by atoms with Crippen molar-refractivity contribution in [3.8, 4) is 11.1 Å². The number of fused-ring (bicyclic) bond motifs is 3. The highest BCUT2D eigenvalue weighted by Gasteiger charge is 2.54. The van der Waals surface area contributed by atoms with Gasteiger partial charge in [0.1, 0.15) is 12.1 Å². The monoisotopic (exact) mass is 779 g/mol. The van der Waals surface area contributed by atoms with Crippen molar-refractivity contribution >= 4 is 35.2 Å². The summed E-state index contributed by atoms with van der Waals surface area (Å²) in [4.78, 5) is 56.1. The summed E-state index contributed by atoms with van der Waals surface area (Å²) in [6.07, 6.45) is 9.58. The Morgan fingerprint density at radius 1 is 0.842 bits per heavy atom. The minimum absolute atomic E-state index is 0.00122. The largest absolute Gasteiger partial charge is 0.453 e. The molecule has 57 heavy (non-hydrogen) atoms. The number of hydrogen-bond acceptors (Lipinski definition) is 8. The summed E-state index contributed by atoms with van der Waals surface area (Å²) in [6.45, 7) is 6.02. The number of nitrogens with zero attached hydrogens (tertiary/aromatic N) is 1. The van der Waals surface area contributed by atoms with Crippen LogP contribution in [-0.4, -0.2) is 80.0 Å². The number of carbonyl (C=O) groups excluding carboxylic acids is 4. The lowest BCUT2D eigenvalue weighted by Crippen LogP contribution is -2.49. The van der Waals surface area contributed by atoms with E-state index in [2.05, 4.69) is 59.4 Å². The van der Waals surface area contributed by atoms with Crippen molar-refractivity contribution in [3.05, 3.63) is 83.4 Å². The number of anilines is 2. The number of benzene rings is 3. The molecule has 3 saturated heterocycles. The molecule has 3 aromatic rings. The summed E-state index contributed by atoms with van der Waals surface area (Å²) in [7, 11) is 1.24. The molecule has 4 amide bonds. The van der Waals surface area contributed by atoms with Crippen LogP contribution in [0, 0.1) is 0 Å². The van der Waals surface area contributed by atoms with Gasteiger partial charge >= 0.3 is 6.09 Å². The van der Waals surface area contributed by atoms with Gasteiger partial charge in [0.25, 0.3) is 5.91 Å². The zero-order valence-corrected chi connectivity index (χ0v) is 33.5. The molecule has 304 valence electrons. The number of nitrogens with one attached hydrogen (secondary N) is 4. The van der Waals surface area contributed by atoms with Crippen molar-refractivity contribution < 1.29 is 33.4 Å². The molecule has 3 atom stereocenters. The van der Waals surface area contributed by atoms with E-state index in [4.69, 9.17) is 14.2 Å². The Kier molecular flexibility index (Phi) is 12.6. The fourth-order valence-electron chi connectivity index (χ4n) is 9.32. The highest BCUT2D eigenvalue weighted by atomic mass is 16.7. The van der Waals surface area contributed by atoms with Gasteiger partial charge in [-0.25, -0.2) is 4.79 Å². The van der Waals surface area contributed by atoms with E-state index < -0.39 is 29.9 Å². The van der Waals surface area contributed by atoms with Crippen LogP contribution < -0.4 is 21.3 Å². The van der Waals surface area contributed by atoms with Crippen molar-refractivity contribution in [2.24, 2.45) is 0 Å². The first-order valence-corrected chi connectivity index (χ1v) is 20.8. The predicted molar refractivity (Wildman–Crippen MR) is 219 cm³/mol. The van der Waals surface area contributed by atoms with E-state index in [0.717, 1.165) is 87.6 Å². The molecule has 3 aromatic carbocycles. The lowest BCUT2D eigenvalue weighted by Gasteiger charge is -2.33. The lowest BCUT2D eigenvalue weighted by molar-refractivity contribution is -0.153. The zero-order chi connectivity index (χ0) is 40.0. The Balaban J connectivity index is 1.21. The molecule has 7 rings (SSSR count). The van der Waals surface area contributed by atoms with Crippen molar-refractivity contribution in [3.63, 3.8) is 0 Å². The SMILES string of the molecule is CCCCCC1(CCCCC)c2cc(NC(=O)[C@@H]3CCCN3)ccc2-c2ccc(NC(=O)[C@@H]3CC4(CN3C(=O)[C@H](NC(=O)OC)c3ccccc3)OCCO4)cc21. The van der Waals surface area contributed by atoms with Crippen molar-refractivity contribution in [1.82, 2.24) is 15.5 Å². The average Bonchev–Trinajstić information content (AvgIpc) is 4.05. The standard InChI is InChI=1S/C45H57N5O7/c1-4-6-11-21-44(22-12-7-5-2)35-26-31(47-40(51)37-16-13-23-46-37)17-19-33(35)34-20-18-32(27-36(34)44)48-41(52)38-28-45(56-24-25-57-45)29-50(38)42(53)39(49-43(54)55-3)30-14-9-8-10-15-30/h8-10,14-15,17-20,26-27,37-39,46H,4-7,11-13,16,21-25,28-29H2,1-3H3,(H,47,51)(H,48,52)(H,49,54)/t37-,38-,39+/m0/s1. The Morgan fingerprint density at radius 3 is 2.02 bits per heavy atom. The van der Waals surface area contributed by atoms with E-state index in [-0.39, 0.29) is 36.2 Å². The maximum atomic E-state index is 14.5. The van der Waals surface area contributed by atoms with E-state index in [9.17, 15) is 19.2 Å². The molecular weight excluding hydrogens is 723 g/mol. The maximum absolute atomic E-state index is 14.5. The van der Waals surface area contributed by atoms with Crippen LogP contribution in [0.1, 0.15) is 107 Å². The number of likely N-dealkylation sites (tertiary alicyclic amines) is 1. The summed E-state index contributed by atoms with van der Waals surface area (Å²) in [6, 6.07) is 19.2. The quantitative estimate of drug-likeness (QED) is 0.119. The molecule has 1 aliphatic carbocycles. The van der Waals surface area contributed by atoms with Gasteiger partial charge in [-0.15, -0.1) is 0 Å². The van der Waals surface area contributed by atoms with E-state index >= 15 is 0 Å². The maximum Gasteiger partial charge on any atom is 0.407 e. The van der Waals surface area contributed by atoms with Crippen LogP contribution in [-0.2, 0) is 34.0 Å². The number of rotatable bonds is 15. The molecule has 0 bridgehead atoms. The Bertz CT molecular complexity index is 1910. The smallest absolute Gasteiger partial charge is 0.407 e. The van der Waals surface area contributed by atoms with E-state index in [1.165, 1.54) is 23.1 Å². The molecule has 3 heterocycles. The fraction of sp³-hybridized carbons (Fsp3) is 0.511. The molecule has 3 fully saturated rings. The summed E-state index contributed by atoms with van der Waals surface area (Å²) in [5, 5.41) is 12.4. The number of alkyl carbamates (subject to hydrolysis) is 1. The minimum atomic E-state index is -1.13. The highest BCUT2D eigenvalue weighted by molar-refractivity contribution is 6.00. The summed E-state index contributed by atoms with van der Waals surface area (Å²) in [5.41, 5.74) is 6.37. The molecule has 1 spiro atoms. The molecule has 0 radical (unpaired) electrons. The second kappa shape index (κ2) is 17.8. The third-order valence-electron chi connectivity index (χ3n) is 12.2. The molecule has 12 nitrogen and oxygen atoms in total. The number of hydrogen-bond donors (Lipinski definition) is 4.